The maximum absolute atomic E-state index is 11.0. The van der Waals surface area contributed by atoms with Crippen molar-refractivity contribution in [2.45, 2.75) is 71.6 Å². The number of hydrogen-bond donors (Lipinski definition) is 0. The van der Waals surface area contributed by atoms with Gasteiger partial charge >= 0.3 is 5.97 Å². The lowest BCUT2D eigenvalue weighted by molar-refractivity contribution is -0.138. The van der Waals surface area contributed by atoms with E-state index in [0.29, 0.717) is 0 Å². The van der Waals surface area contributed by atoms with E-state index in [1.54, 1.807) is 0 Å². The maximum Gasteiger partial charge on any atom is 0.327 e. The first-order valence-electron chi connectivity index (χ1n) is 6.54. The second kappa shape index (κ2) is 11.3. The molecule has 0 spiro atoms. The van der Waals surface area contributed by atoms with Crippen molar-refractivity contribution < 1.29 is 9.08 Å². The molecule has 0 rings (SSSR count). The minimum atomic E-state index is -0.301. The molecule has 3 heteroatoms. The summed E-state index contributed by atoms with van der Waals surface area (Å²) in [7, 11) is 0. The summed E-state index contributed by atoms with van der Waals surface area (Å²) in [5, 5.41) is 0. The van der Waals surface area contributed by atoms with E-state index in [1.165, 1.54) is 44.9 Å². The van der Waals surface area contributed by atoms with Gasteiger partial charge in [-0.05, 0) is 6.42 Å². The summed E-state index contributed by atoms with van der Waals surface area (Å²) in [5.74, 6) is -0.359. The third kappa shape index (κ3) is 9.02. The number of unbranched alkanes of at least 4 members (excludes halogenated alkanes) is 7. The van der Waals surface area contributed by atoms with Crippen LogP contribution >= 0.6 is 11.9 Å². The molecule has 0 heterocycles. The summed E-state index contributed by atoms with van der Waals surface area (Å²) in [6.45, 7) is 4.10. The monoisotopic (exact) mass is 248 g/mol. The fourth-order valence-corrected chi connectivity index (χ4v) is 1.93. The van der Waals surface area contributed by atoms with Crippen LogP contribution in [0, 0.1) is 5.92 Å². The normalized spacial score (nSPS) is 12.4. The molecule has 1 atom stereocenters. The van der Waals surface area contributed by atoms with E-state index in [1.807, 2.05) is 6.92 Å². The molecule has 16 heavy (non-hydrogen) atoms. The first kappa shape index (κ1) is 15.8. The summed E-state index contributed by atoms with van der Waals surface area (Å²) in [6.07, 6.45) is 11.2. The van der Waals surface area contributed by atoms with Gasteiger partial charge in [0.15, 0.2) is 0 Å². The minimum absolute atomic E-state index is 0.0578. The minimum Gasteiger partial charge on any atom is -0.347 e. The standard InChI is InChI=1S/C13H25ClO2/c1-3-4-5-6-7-8-9-10-11-12(2)13(15)16-14/h12H,3-11H2,1-2H3. The van der Waals surface area contributed by atoms with E-state index in [-0.39, 0.29) is 11.9 Å². The summed E-state index contributed by atoms with van der Waals surface area (Å²) < 4.78 is 4.17. The summed E-state index contributed by atoms with van der Waals surface area (Å²) in [6, 6.07) is 0. The Bertz CT molecular complexity index is 171. The summed E-state index contributed by atoms with van der Waals surface area (Å²) >= 11 is 5.01. The molecule has 0 radical (unpaired) electrons. The zero-order valence-electron chi connectivity index (χ0n) is 10.6. The van der Waals surface area contributed by atoms with Crippen LogP contribution in [-0.2, 0) is 9.08 Å². The van der Waals surface area contributed by atoms with Crippen LogP contribution in [0.5, 0.6) is 0 Å². The van der Waals surface area contributed by atoms with Crippen LogP contribution in [0.15, 0.2) is 0 Å². The van der Waals surface area contributed by atoms with Gasteiger partial charge in [-0.25, -0.2) is 0 Å². The maximum atomic E-state index is 11.0. The predicted octanol–water partition coefficient (Wildman–Crippen LogP) is 4.85. The highest BCUT2D eigenvalue weighted by Gasteiger charge is 2.12. The van der Waals surface area contributed by atoms with Gasteiger partial charge in [-0.15, -0.1) is 0 Å². The molecule has 96 valence electrons. The van der Waals surface area contributed by atoms with Crippen LogP contribution in [0.25, 0.3) is 0 Å². The van der Waals surface area contributed by atoms with E-state index in [4.69, 9.17) is 11.9 Å². The van der Waals surface area contributed by atoms with Crippen molar-refractivity contribution in [3.8, 4) is 0 Å². The van der Waals surface area contributed by atoms with E-state index < -0.39 is 0 Å². The first-order valence-corrected chi connectivity index (χ1v) is 6.85. The van der Waals surface area contributed by atoms with Gasteiger partial charge in [-0.3, -0.25) is 4.79 Å². The Morgan fingerprint density at radius 1 is 1.06 bits per heavy atom. The lowest BCUT2D eigenvalue weighted by atomic mass is 10.0. The van der Waals surface area contributed by atoms with Gasteiger partial charge in [0.05, 0.1) is 5.92 Å². The zero-order chi connectivity index (χ0) is 12.2. The highest BCUT2D eigenvalue weighted by Crippen LogP contribution is 2.14. The van der Waals surface area contributed by atoms with Crippen molar-refractivity contribution in [2.75, 3.05) is 0 Å². The number of hydrogen-bond acceptors (Lipinski definition) is 2. The van der Waals surface area contributed by atoms with Gasteiger partial charge in [-0.2, -0.15) is 0 Å². The number of carbonyl (C=O) groups excluding carboxylic acids is 1. The molecule has 0 N–H and O–H groups in total. The van der Waals surface area contributed by atoms with Crippen molar-refractivity contribution >= 4 is 17.8 Å². The Kier molecular flexibility index (Phi) is 11.1. The second-order valence-corrected chi connectivity index (χ2v) is 4.72. The number of carbonyl (C=O) groups is 1. The molecule has 1 unspecified atom stereocenters. The lowest BCUT2D eigenvalue weighted by Crippen LogP contribution is -2.10. The van der Waals surface area contributed by atoms with E-state index in [0.717, 1.165) is 12.8 Å². The third-order valence-electron chi connectivity index (χ3n) is 2.97. The molecule has 0 aliphatic heterocycles. The van der Waals surface area contributed by atoms with Gasteiger partial charge in [0.1, 0.15) is 11.9 Å². The Morgan fingerprint density at radius 2 is 1.56 bits per heavy atom. The van der Waals surface area contributed by atoms with Crippen molar-refractivity contribution in [1.82, 2.24) is 0 Å². The Balaban J connectivity index is 3.17. The quantitative estimate of drug-likeness (QED) is 0.517. The topological polar surface area (TPSA) is 26.3 Å². The Hall–Kier alpha value is -0.240. The molecular formula is C13H25ClO2. The van der Waals surface area contributed by atoms with Gasteiger partial charge in [-0.1, -0.05) is 65.2 Å². The first-order chi connectivity index (χ1) is 7.72. The average Bonchev–Trinajstić information content (AvgIpc) is 2.31. The van der Waals surface area contributed by atoms with E-state index in [9.17, 15) is 4.79 Å². The summed E-state index contributed by atoms with van der Waals surface area (Å²) in [4.78, 5) is 11.0. The third-order valence-corrected chi connectivity index (χ3v) is 3.12. The highest BCUT2D eigenvalue weighted by atomic mass is 35.5. The molecule has 0 amide bonds. The molecule has 0 saturated carbocycles. The Morgan fingerprint density at radius 3 is 2.06 bits per heavy atom. The predicted molar refractivity (Wildman–Crippen MR) is 68.3 cm³/mol. The molecule has 0 aromatic carbocycles. The van der Waals surface area contributed by atoms with Gasteiger partial charge in [0.2, 0.25) is 0 Å². The van der Waals surface area contributed by atoms with Gasteiger partial charge in [0.25, 0.3) is 0 Å². The fraction of sp³-hybridized carbons (Fsp3) is 0.923. The molecule has 0 aliphatic carbocycles. The van der Waals surface area contributed by atoms with Crippen LogP contribution in [0.1, 0.15) is 71.6 Å². The van der Waals surface area contributed by atoms with Crippen LogP contribution in [0.3, 0.4) is 0 Å². The van der Waals surface area contributed by atoms with Crippen LogP contribution in [0.2, 0.25) is 0 Å². The van der Waals surface area contributed by atoms with Gasteiger partial charge in [0, 0.05) is 0 Å². The smallest absolute Gasteiger partial charge is 0.327 e. The molecule has 0 aromatic rings. The van der Waals surface area contributed by atoms with E-state index in [2.05, 4.69) is 11.2 Å². The molecular weight excluding hydrogens is 224 g/mol. The van der Waals surface area contributed by atoms with Gasteiger partial charge < -0.3 is 4.29 Å². The number of halogens is 1. The second-order valence-electron chi connectivity index (χ2n) is 4.56. The lowest BCUT2D eigenvalue weighted by Gasteiger charge is -2.06. The molecule has 0 fully saturated rings. The summed E-state index contributed by atoms with van der Waals surface area (Å²) in [5.41, 5.74) is 0. The van der Waals surface area contributed by atoms with Crippen molar-refractivity contribution in [3.05, 3.63) is 0 Å². The van der Waals surface area contributed by atoms with Crippen LogP contribution in [0.4, 0.5) is 0 Å². The fourth-order valence-electron chi connectivity index (χ4n) is 1.78. The highest BCUT2D eigenvalue weighted by molar-refractivity contribution is 6.13. The van der Waals surface area contributed by atoms with E-state index >= 15 is 0 Å². The molecule has 0 bridgehead atoms. The largest absolute Gasteiger partial charge is 0.347 e. The Labute approximate surface area is 105 Å². The number of rotatable bonds is 10. The van der Waals surface area contributed by atoms with Crippen molar-refractivity contribution in [3.63, 3.8) is 0 Å². The molecule has 0 aliphatic rings. The molecule has 0 saturated heterocycles. The average molecular weight is 249 g/mol. The molecule has 2 nitrogen and oxygen atoms in total. The van der Waals surface area contributed by atoms with Crippen molar-refractivity contribution in [2.24, 2.45) is 5.92 Å². The molecule has 0 aromatic heterocycles. The zero-order valence-corrected chi connectivity index (χ0v) is 11.4. The van der Waals surface area contributed by atoms with Crippen LogP contribution < -0.4 is 0 Å². The van der Waals surface area contributed by atoms with Crippen molar-refractivity contribution in [1.29, 1.82) is 0 Å². The SMILES string of the molecule is CCCCCCCCCCC(C)C(=O)OCl. The van der Waals surface area contributed by atoms with Crippen LogP contribution in [-0.4, -0.2) is 5.97 Å².